The Labute approximate surface area is 220 Å². The molecule has 2 aromatic heterocycles. The number of allylic oxidation sites excluding steroid dienone is 5. The summed E-state index contributed by atoms with van der Waals surface area (Å²) in [5.74, 6) is 2.83. The van der Waals surface area contributed by atoms with Gasteiger partial charge in [0.1, 0.15) is 11.6 Å². The van der Waals surface area contributed by atoms with E-state index in [-0.39, 0.29) is 16.7 Å². The molecule has 1 fully saturated rings. The smallest absolute Gasteiger partial charge is 0.132 e. The van der Waals surface area contributed by atoms with Crippen molar-refractivity contribution in [3.05, 3.63) is 77.7 Å². The van der Waals surface area contributed by atoms with Crippen LogP contribution in [-0.2, 0) is 6.42 Å². The van der Waals surface area contributed by atoms with Crippen LogP contribution in [0.1, 0.15) is 102 Å². The number of aryl methyl sites for hydroxylation is 2. The van der Waals surface area contributed by atoms with Gasteiger partial charge in [0.25, 0.3) is 0 Å². The van der Waals surface area contributed by atoms with E-state index in [4.69, 9.17) is 9.97 Å². The molecule has 3 heteroatoms. The molecular formula is C33H47N3. The molecule has 36 heavy (non-hydrogen) atoms. The summed E-state index contributed by atoms with van der Waals surface area (Å²) in [6.07, 6.45) is 17.0. The maximum atomic E-state index is 5.06. The van der Waals surface area contributed by atoms with E-state index in [2.05, 4.69) is 104 Å². The predicted molar refractivity (Wildman–Crippen MR) is 157 cm³/mol. The van der Waals surface area contributed by atoms with Crippen LogP contribution < -0.4 is 5.32 Å². The number of nitrogens with one attached hydrogen (secondary N) is 1. The number of hydrogen-bond donors (Lipinski definition) is 1. The zero-order valence-corrected chi connectivity index (χ0v) is 23.9. The second-order valence-corrected chi connectivity index (χ2v) is 12.2. The molecular weight excluding hydrogens is 438 g/mol. The summed E-state index contributed by atoms with van der Waals surface area (Å²) in [6, 6.07) is 6.46. The quantitative estimate of drug-likeness (QED) is 0.340. The molecule has 194 valence electrons. The molecule has 0 bridgehead atoms. The van der Waals surface area contributed by atoms with Crippen molar-refractivity contribution in [2.75, 3.05) is 5.32 Å². The van der Waals surface area contributed by atoms with Crippen LogP contribution >= 0.6 is 0 Å². The maximum absolute atomic E-state index is 5.06. The third kappa shape index (κ3) is 6.75. The third-order valence-corrected chi connectivity index (χ3v) is 8.00. The van der Waals surface area contributed by atoms with Gasteiger partial charge in [-0.2, -0.15) is 0 Å². The Balaban J connectivity index is 1.92. The summed E-state index contributed by atoms with van der Waals surface area (Å²) in [5, 5.41) is 3.52. The summed E-state index contributed by atoms with van der Waals surface area (Å²) in [7, 11) is 0. The molecule has 0 aliphatic heterocycles. The molecule has 3 nitrogen and oxygen atoms in total. The van der Waals surface area contributed by atoms with Crippen molar-refractivity contribution < 1.29 is 0 Å². The summed E-state index contributed by atoms with van der Waals surface area (Å²) in [4.78, 5) is 9.90. The molecule has 1 N–H and O–H groups in total. The number of nitrogens with zero attached hydrogens (tertiary/aromatic N) is 2. The van der Waals surface area contributed by atoms with Crippen LogP contribution in [0.5, 0.6) is 0 Å². The van der Waals surface area contributed by atoms with Crippen molar-refractivity contribution in [2.45, 2.75) is 93.4 Å². The lowest BCUT2D eigenvalue weighted by Crippen LogP contribution is -2.19. The molecule has 0 aromatic carbocycles. The molecule has 0 spiro atoms. The van der Waals surface area contributed by atoms with Gasteiger partial charge in [-0.05, 0) is 77.8 Å². The van der Waals surface area contributed by atoms with Gasteiger partial charge in [0.15, 0.2) is 0 Å². The van der Waals surface area contributed by atoms with Gasteiger partial charge in [0.05, 0.1) is 0 Å². The number of hydrogen-bond acceptors (Lipinski definition) is 3. The highest BCUT2D eigenvalue weighted by Crippen LogP contribution is 2.39. The van der Waals surface area contributed by atoms with Gasteiger partial charge in [-0.3, -0.25) is 0 Å². The fraction of sp³-hybridized carbons (Fsp3) is 0.515. The van der Waals surface area contributed by atoms with E-state index in [0.717, 1.165) is 29.7 Å². The lowest BCUT2D eigenvalue weighted by atomic mass is 9.76. The van der Waals surface area contributed by atoms with Crippen LogP contribution in [0.3, 0.4) is 0 Å². The fourth-order valence-electron chi connectivity index (χ4n) is 5.13. The Morgan fingerprint density at radius 1 is 1.17 bits per heavy atom. The first kappa shape index (κ1) is 27.9. The molecule has 2 aromatic rings. The van der Waals surface area contributed by atoms with E-state index < -0.39 is 0 Å². The van der Waals surface area contributed by atoms with Crippen molar-refractivity contribution in [1.29, 1.82) is 0 Å². The Kier molecular flexibility index (Phi) is 8.98. The number of aromatic nitrogens is 2. The van der Waals surface area contributed by atoms with E-state index in [0.29, 0.717) is 0 Å². The average Bonchev–Trinajstić information content (AvgIpc) is 2.78. The minimum atomic E-state index is -0.0361. The Hall–Kier alpha value is -2.68. The van der Waals surface area contributed by atoms with Crippen molar-refractivity contribution >= 4 is 17.2 Å². The lowest BCUT2D eigenvalue weighted by Gasteiger charge is -2.29. The van der Waals surface area contributed by atoms with E-state index in [1.807, 2.05) is 12.2 Å². The van der Waals surface area contributed by atoms with Crippen LogP contribution in [0.4, 0.5) is 11.6 Å². The fourth-order valence-corrected chi connectivity index (χ4v) is 5.13. The Bertz CT molecular complexity index is 1110. The second-order valence-electron chi connectivity index (χ2n) is 12.2. The van der Waals surface area contributed by atoms with Crippen molar-refractivity contribution in [2.24, 2.45) is 16.7 Å². The molecule has 1 unspecified atom stereocenters. The highest BCUT2D eigenvalue weighted by molar-refractivity contribution is 5.74. The van der Waals surface area contributed by atoms with Crippen molar-refractivity contribution in [3.63, 3.8) is 0 Å². The average molecular weight is 486 g/mol. The first-order valence-electron chi connectivity index (χ1n) is 13.7. The minimum absolute atomic E-state index is 0.0361. The van der Waals surface area contributed by atoms with Crippen molar-refractivity contribution in [1.82, 2.24) is 9.97 Å². The van der Waals surface area contributed by atoms with E-state index in [9.17, 15) is 0 Å². The van der Waals surface area contributed by atoms with E-state index >= 15 is 0 Å². The summed E-state index contributed by atoms with van der Waals surface area (Å²) in [5.41, 5.74) is 6.39. The Morgan fingerprint density at radius 2 is 1.89 bits per heavy atom. The molecule has 0 amide bonds. The standard InChI is InChI=1S/C33H47N3/c1-10-12-20-33(8,9)24(4)31-23(3)16-19-29(36-31)35-30-21-27(28(11-2)32(5,6)7)26(22-34-30)18-17-25-14-13-15-25/h10-12,16,19-22,24-25H,1,13-15,17-18H2,2-9H3,(H,34,35,36)/b20-12-,28-11+. The number of pyridine rings is 2. The van der Waals surface area contributed by atoms with Crippen LogP contribution in [0, 0.1) is 23.7 Å². The van der Waals surface area contributed by atoms with Gasteiger partial charge < -0.3 is 5.32 Å². The second kappa shape index (κ2) is 11.6. The molecule has 1 aliphatic carbocycles. The maximum Gasteiger partial charge on any atom is 0.132 e. The summed E-state index contributed by atoms with van der Waals surface area (Å²) in [6.45, 7) is 21.8. The Morgan fingerprint density at radius 3 is 2.47 bits per heavy atom. The topological polar surface area (TPSA) is 37.8 Å². The first-order valence-corrected chi connectivity index (χ1v) is 13.7. The number of anilines is 2. The molecule has 2 heterocycles. The zero-order valence-electron chi connectivity index (χ0n) is 23.9. The molecule has 1 aliphatic rings. The van der Waals surface area contributed by atoms with Gasteiger partial charge >= 0.3 is 0 Å². The first-order chi connectivity index (χ1) is 17.0. The summed E-state index contributed by atoms with van der Waals surface area (Å²) < 4.78 is 0. The van der Waals surface area contributed by atoms with Crippen LogP contribution in [0.15, 0.2) is 55.3 Å². The number of rotatable bonds is 10. The zero-order chi connectivity index (χ0) is 26.5. The van der Waals surface area contributed by atoms with Gasteiger partial charge in [-0.15, -0.1) is 0 Å². The van der Waals surface area contributed by atoms with Gasteiger partial charge in [0.2, 0.25) is 0 Å². The molecule has 1 saturated carbocycles. The molecule has 0 radical (unpaired) electrons. The van der Waals surface area contributed by atoms with Gasteiger partial charge in [-0.1, -0.05) is 97.8 Å². The minimum Gasteiger partial charge on any atom is -0.325 e. The molecule has 3 rings (SSSR count). The monoisotopic (exact) mass is 485 g/mol. The van der Waals surface area contributed by atoms with Gasteiger partial charge in [-0.25, -0.2) is 9.97 Å². The predicted octanol–water partition coefficient (Wildman–Crippen LogP) is 9.58. The van der Waals surface area contributed by atoms with Crippen molar-refractivity contribution in [3.8, 4) is 0 Å². The highest BCUT2D eigenvalue weighted by Gasteiger charge is 2.27. The van der Waals surface area contributed by atoms with E-state index in [1.54, 1.807) is 0 Å². The highest BCUT2D eigenvalue weighted by atomic mass is 15.1. The normalized spacial score (nSPS) is 16.2. The largest absolute Gasteiger partial charge is 0.325 e. The van der Waals surface area contributed by atoms with Crippen LogP contribution in [-0.4, -0.2) is 9.97 Å². The molecule has 0 saturated heterocycles. The van der Waals surface area contributed by atoms with E-state index in [1.165, 1.54) is 47.9 Å². The SMILES string of the molecule is C=C/C=C\C(C)(C)C(C)c1nc(Nc2cc(/C(=C\C)C(C)(C)C)c(CCC3CCC3)cn2)ccc1C. The molecule has 1 atom stereocenters. The summed E-state index contributed by atoms with van der Waals surface area (Å²) >= 11 is 0. The third-order valence-electron chi connectivity index (χ3n) is 8.00. The lowest BCUT2D eigenvalue weighted by molar-refractivity contribution is 0.296. The van der Waals surface area contributed by atoms with Gasteiger partial charge in [0, 0.05) is 17.8 Å². The van der Waals surface area contributed by atoms with Crippen LogP contribution in [0.25, 0.3) is 5.57 Å². The van der Waals surface area contributed by atoms with Crippen LogP contribution in [0.2, 0.25) is 0 Å².